The zero-order valence-corrected chi connectivity index (χ0v) is 38.7. The first-order chi connectivity index (χ1) is 30.7. The van der Waals surface area contributed by atoms with E-state index >= 15 is 0 Å². The molecule has 3 nitrogen and oxygen atoms in total. The maximum absolute atomic E-state index is 6.57. The Labute approximate surface area is 378 Å². The van der Waals surface area contributed by atoms with E-state index in [0.29, 0.717) is 0 Å². The Kier molecular flexibility index (Phi) is 8.25. The number of aryl methyl sites for hydroxylation is 1. The third-order valence-corrected chi connectivity index (χ3v) is 14.9. The van der Waals surface area contributed by atoms with Crippen molar-refractivity contribution in [2.24, 2.45) is 0 Å². The molecule has 0 amide bonds. The van der Waals surface area contributed by atoms with E-state index in [9.17, 15) is 0 Å². The average Bonchev–Trinajstić information content (AvgIpc) is 3.76. The van der Waals surface area contributed by atoms with Gasteiger partial charge in [0.05, 0.1) is 0 Å². The highest BCUT2D eigenvalue weighted by atomic mass is 16.3. The monoisotopic (exact) mass is 830 g/mol. The van der Waals surface area contributed by atoms with E-state index in [-0.39, 0.29) is 23.0 Å². The Hall–Kier alpha value is -6.52. The smallest absolute Gasteiger partial charge is 0.252 e. The largest absolute Gasteiger partial charge is 0.456 e. The summed E-state index contributed by atoms with van der Waals surface area (Å²) in [7, 11) is 0. The number of benzene rings is 7. The maximum atomic E-state index is 6.57. The molecule has 7 aromatic carbocycles. The Morgan fingerprint density at radius 1 is 0.578 bits per heavy atom. The maximum Gasteiger partial charge on any atom is 0.252 e. The summed E-state index contributed by atoms with van der Waals surface area (Å²) in [5, 5.41) is 2.28. The second-order valence-corrected chi connectivity index (χ2v) is 21.4. The van der Waals surface area contributed by atoms with Crippen LogP contribution in [0.4, 0.5) is 34.1 Å². The van der Waals surface area contributed by atoms with Crippen LogP contribution in [0.1, 0.15) is 102 Å². The number of para-hydroxylation sites is 1. The van der Waals surface area contributed by atoms with Crippen molar-refractivity contribution in [2.75, 3.05) is 9.80 Å². The van der Waals surface area contributed by atoms with E-state index in [4.69, 9.17) is 4.42 Å². The predicted octanol–water partition coefficient (Wildman–Crippen LogP) is 14.5. The van der Waals surface area contributed by atoms with Crippen LogP contribution in [0.3, 0.4) is 0 Å². The summed E-state index contributed by atoms with van der Waals surface area (Å²) in [4.78, 5) is 5.08. The highest BCUT2D eigenvalue weighted by Crippen LogP contribution is 2.55. The summed E-state index contributed by atoms with van der Waals surface area (Å²) in [5.74, 6) is 0. The number of hydrogen-bond acceptors (Lipinski definition) is 3. The lowest BCUT2D eigenvalue weighted by Crippen LogP contribution is -2.61. The van der Waals surface area contributed by atoms with Gasteiger partial charge in [0.2, 0.25) is 0 Å². The number of fused-ring (bicyclic) bond motifs is 9. The Morgan fingerprint density at radius 3 is 2.00 bits per heavy atom. The molecule has 4 heteroatoms. The van der Waals surface area contributed by atoms with E-state index in [2.05, 4.69) is 218 Å². The Balaban J connectivity index is 1.07. The summed E-state index contributed by atoms with van der Waals surface area (Å²) in [5.41, 5.74) is 25.4. The fraction of sp³-hybridized carbons (Fsp3) is 0.233. The fourth-order valence-corrected chi connectivity index (χ4v) is 11.6. The van der Waals surface area contributed by atoms with Crippen LogP contribution in [0.15, 0.2) is 156 Å². The fourth-order valence-electron chi connectivity index (χ4n) is 11.6. The number of furan rings is 1. The van der Waals surface area contributed by atoms with Gasteiger partial charge in [-0.1, -0.05) is 146 Å². The van der Waals surface area contributed by atoms with Crippen molar-refractivity contribution in [3.8, 4) is 0 Å². The van der Waals surface area contributed by atoms with Crippen LogP contribution in [-0.4, -0.2) is 6.71 Å². The molecule has 2 aliphatic carbocycles. The van der Waals surface area contributed by atoms with Crippen molar-refractivity contribution in [1.29, 1.82) is 0 Å². The lowest BCUT2D eigenvalue weighted by atomic mass is 9.33. The minimum Gasteiger partial charge on any atom is -0.456 e. The molecule has 4 aliphatic rings. The number of hydrogen-bond donors (Lipinski definition) is 0. The van der Waals surface area contributed by atoms with Gasteiger partial charge in [-0.15, -0.1) is 0 Å². The molecular weight excluding hydrogens is 775 g/mol. The molecule has 0 radical (unpaired) electrons. The molecule has 0 N–H and O–H groups in total. The van der Waals surface area contributed by atoms with Gasteiger partial charge >= 0.3 is 0 Å². The first-order valence-corrected chi connectivity index (χ1v) is 23.3. The molecule has 2 aliphatic heterocycles. The van der Waals surface area contributed by atoms with E-state index in [1.54, 1.807) is 5.57 Å². The van der Waals surface area contributed by atoms with Gasteiger partial charge in [0, 0.05) is 56.4 Å². The van der Waals surface area contributed by atoms with Crippen LogP contribution in [0.5, 0.6) is 0 Å². The number of rotatable bonds is 3. The first kappa shape index (κ1) is 39.1. The van der Waals surface area contributed by atoms with Gasteiger partial charge in [-0.25, -0.2) is 0 Å². The lowest BCUT2D eigenvalue weighted by Gasteiger charge is -2.45. The summed E-state index contributed by atoms with van der Waals surface area (Å²) < 4.78 is 6.57. The summed E-state index contributed by atoms with van der Waals surface area (Å²) in [6.07, 6.45) is 4.67. The highest BCUT2D eigenvalue weighted by molar-refractivity contribution is 7.00. The molecule has 1 aromatic heterocycles. The quantitative estimate of drug-likeness (QED) is 0.165. The van der Waals surface area contributed by atoms with Gasteiger partial charge in [0.25, 0.3) is 6.71 Å². The van der Waals surface area contributed by atoms with Crippen LogP contribution in [0, 0.1) is 6.92 Å². The van der Waals surface area contributed by atoms with Crippen LogP contribution in [0.2, 0.25) is 0 Å². The number of nitrogens with zero attached hydrogens (tertiary/aromatic N) is 2. The lowest BCUT2D eigenvalue weighted by molar-refractivity contribution is 0.590. The van der Waals surface area contributed by atoms with Gasteiger partial charge in [-0.2, -0.15) is 0 Å². The van der Waals surface area contributed by atoms with Gasteiger partial charge in [0.15, 0.2) is 0 Å². The molecule has 3 heterocycles. The molecular formula is C60H55BN2O. The van der Waals surface area contributed by atoms with E-state index in [1.807, 2.05) is 0 Å². The standard InChI is InChI=1S/C60H55BN2O/c1-36-31-52-57-53(32-36)63(41-27-28-44-43-15-11-13-20-54(43)64-55(44)35-41)51-34-39(59(5,6)7)23-29-48(51)61(57)49-33-38(58(2,3)4)24-30-50(49)62(52)40-25-21-37(22-26-40)42-17-14-19-47-56(42)45-16-10-12-18-46(45)60(47,8)9/h10-13,15-18,20-35H,14,19H2,1-9H3. The zero-order valence-electron chi connectivity index (χ0n) is 38.7. The number of anilines is 6. The Morgan fingerprint density at radius 2 is 1.23 bits per heavy atom. The van der Waals surface area contributed by atoms with Crippen molar-refractivity contribution in [3.63, 3.8) is 0 Å². The van der Waals surface area contributed by atoms with Crippen molar-refractivity contribution in [1.82, 2.24) is 0 Å². The van der Waals surface area contributed by atoms with Crippen molar-refractivity contribution >= 4 is 90.3 Å². The molecule has 12 rings (SSSR count). The third kappa shape index (κ3) is 5.67. The summed E-state index contributed by atoms with van der Waals surface area (Å²) in [6, 6.07) is 53.1. The SMILES string of the molecule is Cc1cc2c3c(c1)N(c1ccc4c(c1)oc1ccccc14)c1cc(C(C)(C)C)ccc1B3c1cc(C(C)(C)C)ccc1N2c1ccc(C2=CCCC3=C2c2ccccc2C3(C)C)cc1. The molecule has 0 saturated carbocycles. The van der Waals surface area contributed by atoms with Crippen molar-refractivity contribution in [2.45, 2.75) is 91.4 Å². The van der Waals surface area contributed by atoms with Gasteiger partial charge < -0.3 is 14.2 Å². The molecule has 64 heavy (non-hydrogen) atoms. The number of allylic oxidation sites excluding steroid dienone is 4. The molecule has 0 saturated heterocycles. The van der Waals surface area contributed by atoms with Crippen LogP contribution < -0.4 is 26.2 Å². The van der Waals surface area contributed by atoms with Gasteiger partial charge in [0.1, 0.15) is 11.2 Å². The Bertz CT molecular complexity index is 3350. The molecule has 314 valence electrons. The molecule has 0 spiro atoms. The molecule has 8 aromatic rings. The van der Waals surface area contributed by atoms with Crippen molar-refractivity contribution < 1.29 is 4.42 Å². The van der Waals surface area contributed by atoms with Gasteiger partial charge in [-0.3, -0.25) is 0 Å². The predicted molar refractivity (Wildman–Crippen MR) is 273 cm³/mol. The zero-order chi connectivity index (χ0) is 44.0. The summed E-state index contributed by atoms with van der Waals surface area (Å²) >= 11 is 0. The average molecular weight is 831 g/mol. The molecule has 0 unspecified atom stereocenters. The van der Waals surface area contributed by atoms with Crippen LogP contribution >= 0.6 is 0 Å². The van der Waals surface area contributed by atoms with Crippen LogP contribution in [-0.2, 0) is 16.2 Å². The first-order valence-electron chi connectivity index (χ1n) is 23.3. The van der Waals surface area contributed by atoms with E-state index in [0.717, 1.165) is 40.5 Å². The molecule has 0 atom stereocenters. The van der Waals surface area contributed by atoms with E-state index in [1.165, 1.54) is 89.4 Å². The van der Waals surface area contributed by atoms with Crippen molar-refractivity contribution in [3.05, 3.63) is 185 Å². The normalized spacial score (nSPS) is 16.1. The topological polar surface area (TPSA) is 19.6 Å². The second kappa shape index (κ2) is 13.5. The van der Waals surface area contributed by atoms with Gasteiger partial charge in [-0.05, 0) is 146 Å². The minimum absolute atomic E-state index is 0.0197. The molecule has 0 bridgehead atoms. The van der Waals surface area contributed by atoms with E-state index < -0.39 is 0 Å². The second-order valence-electron chi connectivity index (χ2n) is 21.4. The molecule has 0 fully saturated rings. The highest BCUT2D eigenvalue weighted by Gasteiger charge is 2.45. The summed E-state index contributed by atoms with van der Waals surface area (Å²) in [6.45, 7) is 21.1. The third-order valence-electron chi connectivity index (χ3n) is 14.9. The minimum atomic E-state index is -0.0304. The van der Waals surface area contributed by atoms with Crippen LogP contribution in [0.25, 0.3) is 33.1 Å².